The number of carboxylic acid groups (broad SMARTS) is 1. The number of amides is 1. The number of nitro benzene ring substituents is 1. The fourth-order valence-electron chi connectivity index (χ4n) is 1.42. The van der Waals surface area contributed by atoms with Crippen LogP contribution in [0.1, 0.15) is 16.8 Å². The summed E-state index contributed by atoms with van der Waals surface area (Å²) in [5.41, 5.74) is 0.0392. The van der Waals surface area contributed by atoms with E-state index in [1.807, 2.05) is 0 Å². The van der Waals surface area contributed by atoms with Gasteiger partial charge in [0.1, 0.15) is 0 Å². The first kappa shape index (κ1) is 16.0. The number of benzene rings is 1. The van der Waals surface area contributed by atoms with Crippen LogP contribution in [0.2, 0.25) is 0 Å². The van der Waals surface area contributed by atoms with Gasteiger partial charge >= 0.3 is 5.97 Å². The van der Waals surface area contributed by atoms with Gasteiger partial charge in [-0.15, -0.1) is 11.8 Å². The average molecular weight is 298 g/mol. The monoisotopic (exact) mass is 298 g/mol. The normalized spacial score (nSPS) is 10.1. The number of nitro groups is 1. The summed E-state index contributed by atoms with van der Waals surface area (Å²) < 4.78 is 0. The highest BCUT2D eigenvalue weighted by Gasteiger charge is 2.18. The minimum absolute atomic E-state index is 0.0831. The zero-order chi connectivity index (χ0) is 15.3. The maximum Gasteiger partial charge on any atom is 0.304 e. The quantitative estimate of drug-likeness (QED) is 0.489. The molecule has 8 heteroatoms. The molecule has 0 aliphatic carbocycles. The molecule has 1 amide bonds. The molecule has 1 N–H and O–H groups in total. The lowest BCUT2D eigenvalue weighted by Crippen LogP contribution is -2.21. The van der Waals surface area contributed by atoms with Gasteiger partial charge in [0.15, 0.2) is 0 Å². The van der Waals surface area contributed by atoms with Crippen molar-refractivity contribution in [2.24, 2.45) is 0 Å². The Morgan fingerprint density at radius 2 is 2.05 bits per heavy atom. The van der Waals surface area contributed by atoms with E-state index in [2.05, 4.69) is 0 Å². The topological polar surface area (TPSA) is 101 Å². The molecular formula is C12H14N2O5S. The Hall–Kier alpha value is -2.09. The molecule has 0 fully saturated rings. The van der Waals surface area contributed by atoms with Crippen molar-refractivity contribution in [1.29, 1.82) is 0 Å². The summed E-state index contributed by atoms with van der Waals surface area (Å²) in [6, 6.07) is 4.19. The zero-order valence-electron chi connectivity index (χ0n) is 11.0. The average Bonchev–Trinajstić information content (AvgIpc) is 2.37. The van der Waals surface area contributed by atoms with Gasteiger partial charge in [-0.1, -0.05) is 0 Å². The van der Waals surface area contributed by atoms with Gasteiger partial charge in [0, 0.05) is 31.5 Å². The molecule has 0 aliphatic heterocycles. The van der Waals surface area contributed by atoms with Gasteiger partial charge in [-0.3, -0.25) is 19.7 Å². The minimum atomic E-state index is -0.959. The molecule has 0 bridgehead atoms. The van der Waals surface area contributed by atoms with E-state index in [1.165, 1.54) is 23.1 Å². The van der Waals surface area contributed by atoms with Crippen LogP contribution in [0.15, 0.2) is 23.1 Å². The molecule has 0 saturated carbocycles. The van der Waals surface area contributed by atoms with E-state index in [1.54, 1.807) is 14.1 Å². The van der Waals surface area contributed by atoms with E-state index >= 15 is 0 Å². The van der Waals surface area contributed by atoms with Crippen molar-refractivity contribution in [2.45, 2.75) is 11.3 Å². The molecule has 0 aromatic heterocycles. The summed E-state index contributed by atoms with van der Waals surface area (Å²) in [7, 11) is 3.12. The van der Waals surface area contributed by atoms with Gasteiger partial charge in [-0.05, 0) is 12.1 Å². The van der Waals surface area contributed by atoms with E-state index in [4.69, 9.17) is 5.11 Å². The number of hydrogen-bond donors (Lipinski definition) is 1. The minimum Gasteiger partial charge on any atom is -0.481 e. The Balaban J connectivity index is 2.99. The molecule has 7 nitrogen and oxygen atoms in total. The predicted molar refractivity (Wildman–Crippen MR) is 74.1 cm³/mol. The third-order valence-corrected chi connectivity index (χ3v) is 3.45. The second-order valence-corrected chi connectivity index (χ2v) is 5.27. The molecule has 0 radical (unpaired) electrons. The number of thioether (sulfide) groups is 1. The van der Waals surface area contributed by atoms with E-state index < -0.39 is 10.9 Å². The smallest absolute Gasteiger partial charge is 0.304 e. The third-order valence-electron chi connectivity index (χ3n) is 2.38. The van der Waals surface area contributed by atoms with Crippen LogP contribution in [0.3, 0.4) is 0 Å². The van der Waals surface area contributed by atoms with Crippen molar-refractivity contribution in [2.75, 3.05) is 19.8 Å². The van der Waals surface area contributed by atoms with Crippen molar-refractivity contribution in [3.63, 3.8) is 0 Å². The number of rotatable bonds is 6. The van der Waals surface area contributed by atoms with Gasteiger partial charge in [0.25, 0.3) is 11.6 Å². The Kier molecular flexibility index (Phi) is 5.51. The SMILES string of the molecule is CN(C)C(=O)c1ccc(SCCC(=O)O)c([N+](=O)[O-])c1. The molecule has 1 aromatic carbocycles. The van der Waals surface area contributed by atoms with Gasteiger partial charge in [0.05, 0.1) is 16.2 Å². The molecule has 108 valence electrons. The third kappa shape index (κ3) is 4.23. The van der Waals surface area contributed by atoms with Gasteiger partial charge < -0.3 is 10.0 Å². The van der Waals surface area contributed by atoms with Crippen molar-refractivity contribution in [3.8, 4) is 0 Å². The Morgan fingerprint density at radius 1 is 1.40 bits per heavy atom. The molecule has 20 heavy (non-hydrogen) atoms. The molecule has 1 rings (SSSR count). The van der Waals surface area contributed by atoms with Crippen LogP contribution < -0.4 is 0 Å². The molecule has 0 spiro atoms. The number of carbonyl (C=O) groups excluding carboxylic acids is 1. The second-order valence-electron chi connectivity index (χ2n) is 4.13. The highest BCUT2D eigenvalue weighted by atomic mass is 32.2. The van der Waals surface area contributed by atoms with E-state index in [0.29, 0.717) is 4.90 Å². The Bertz CT molecular complexity index is 545. The highest BCUT2D eigenvalue weighted by molar-refractivity contribution is 7.99. The summed E-state index contributed by atoms with van der Waals surface area (Å²) in [6.07, 6.45) is -0.0831. The van der Waals surface area contributed by atoms with Crippen molar-refractivity contribution < 1.29 is 19.6 Å². The number of nitrogens with zero attached hydrogens (tertiary/aromatic N) is 2. The fraction of sp³-hybridized carbons (Fsp3) is 0.333. The maximum atomic E-state index is 11.8. The lowest BCUT2D eigenvalue weighted by Gasteiger charge is -2.10. The first-order valence-corrected chi connectivity index (χ1v) is 6.66. The fourth-order valence-corrected chi connectivity index (χ4v) is 2.36. The van der Waals surface area contributed by atoms with Crippen LogP contribution in [-0.2, 0) is 4.79 Å². The summed E-state index contributed by atoms with van der Waals surface area (Å²) in [4.78, 5) is 34.3. The van der Waals surface area contributed by atoms with E-state index in [0.717, 1.165) is 11.8 Å². The maximum absolute atomic E-state index is 11.8. The number of aliphatic carboxylic acids is 1. The first-order chi connectivity index (χ1) is 9.32. The number of carboxylic acids is 1. The first-order valence-electron chi connectivity index (χ1n) is 5.67. The van der Waals surface area contributed by atoms with Crippen LogP contribution in [0.5, 0.6) is 0 Å². The van der Waals surface area contributed by atoms with Crippen molar-refractivity contribution >= 4 is 29.3 Å². The molecule has 0 saturated heterocycles. The number of hydrogen-bond acceptors (Lipinski definition) is 5. The lowest BCUT2D eigenvalue weighted by atomic mass is 10.2. The molecule has 1 aromatic rings. The Labute approximate surface area is 119 Å². The van der Waals surface area contributed by atoms with E-state index in [9.17, 15) is 19.7 Å². The van der Waals surface area contributed by atoms with Gasteiger partial charge in [-0.2, -0.15) is 0 Å². The summed E-state index contributed by atoms with van der Waals surface area (Å²) in [5.74, 6) is -1.05. The summed E-state index contributed by atoms with van der Waals surface area (Å²) in [5, 5.41) is 19.6. The second kappa shape index (κ2) is 6.90. The summed E-state index contributed by atoms with van der Waals surface area (Å²) >= 11 is 1.09. The molecule has 0 unspecified atom stereocenters. The lowest BCUT2D eigenvalue weighted by molar-refractivity contribution is -0.387. The molecule has 0 heterocycles. The highest BCUT2D eigenvalue weighted by Crippen LogP contribution is 2.30. The predicted octanol–water partition coefficient (Wildman–Crippen LogP) is 1.86. The summed E-state index contributed by atoms with van der Waals surface area (Å²) in [6.45, 7) is 0. The zero-order valence-corrected chi connectivity index (χ0v) is 11.8. The Morgan fingerprint density at radius 3 is 2.55 bits per heavy atom. The van der Waals surface area contributed by atoms with Gasteiger partial charge in [-0.25, -0.2) is 0 Å². The standard InChI is InChI=1S/C12H14N2O5S/c1-13(2)12(17)8-3-4-10(9(7-8)14(18)19)20-6-5-11(15)16/h3-4,7H,5-6H2,1-2H3,(H,15,16). The van der Waals surface area contributed by atoms with Gasteiger partial charge in [0.2, 0.25) is 0 Å². The van der Waals surface area contributed by atoms with Crippen LogP contribution in [0.4, 0.5) is 5.69 Å². The van der Waals surface area contributed by atoms with Crippen LogP contribution >= 0.6 is 11.8 Å². The van der Waals surface area contributed by atoms with Crippen molar-refractivity contribution in [1.82, 2.24) is 4.90 Å². The number of carbonyl (C=O) groups is 2. The molecule has 0 aliphatic rings. The molecular weight excluding hydrogens is 284 g/mol. The molecule has 0 atom stereocenters. The van der Waals surface area contributed by atoms with Crippen LogP contribution in [-0.4, -0.2) is 46.7 Å². The van der Waals surface area contributed by atoms with Crippen LogP contribution in [0.25, 0.3) is 0 Å². The largest absolute Gasteiger partial charge is 0.481 e. The van der Waals surface area contributed by atoms with Crippen molar-refractivity contribution in [3.05, 3.63) is 33.9 Å². The van der Waals surface area contributed by atoms with E-state index in [-0.39, 0.29) is 29.3 Å². The van der Waals surface area contributed by atoms with Crippen LogP contribution in [0, 0.1) is 10.1 Å².